The number of nitrogens with one attached hydrogen (secondary N) is 2. The Morgan fingerprint density at radius 1 is 1.18 bits per heavy atom. The zero-order valence-electron chi connectivity index (χ0n) is 18.9. The fourth-order valence-electron chi connectivity index (χ4n) is 4.63. The van der Waals surface area contributed by atoms with E-state index in [2.05, 4.69) is 15.6 Å². The average molecular weight is 476 g/mol. The molecule has 3 heterocycles. The second-order valence-electron chi connectivity index (χ2n) is 9.02. The Kier molecular flexibility index (Phi) is 6.67. The SMILES string of the molecule is Cc1nc(N2CCC(C(F)(F)F)CC2)ccc1Nc1ccc(CC2NC(=O)CC2C(N)=O)cc1. The highest BCUT2D eigenvalue weighted by Gasteiger charge is 2.41. The second kappa shape index (κ2) is 9.52. The Labute approximate surface area is 195 Å². The van der Waals surface area contributed by atoms with Gasteiger partial charge in [-0.05, 0) is 56.0 Å². The van der Waals surface area contributed by atoms with E-state index in [1.807, 2.05) is 48.2 Å². The van der Waals surface area contributed by atoms with Gasteiger partial charge in [0, 0.05) is 31.2 Å². The smallest absolute Gasteiger partial charge is 0.369 e. The molecule has 0 saturated carbocycles. The van der Waals surface area contributed by atoms with E-state index in [0.717, 1.165) is 22.6 Å². The molecule has 0 spiro atoms. The minimum Gasteiger partial charge on any atom is -0.369 e. The minimum atomic E-state index is -4.13. The number of aromatic nitrogens is 1. The molecule has 0 aliphatic carbocycles. The molecule has 2 aliphatic rings. The van der Waals surface area contributed by atoms with E-state index in [-0.39, 0.29) is 31.2 Å². The van der Waals surface area contributed by atoms with Crippen molar-refractivity contribution in [1.82, 2.24) is 10.3 Å². The van der Waals surface area contributed by atoms with Crippen LogP contribution in [0.2, 0.25) is 0 Å². The monoisotopic (exact) mass is 475 g/mol. The summed E-state index contributed by atoms with van der Waals surface area (Å²) in [6.07, 6.45) is -3.32. The van der Waals surface area contributed by atoms with Gasteiger partial charge in [-0.3, -0.25) is 9.59 Å². The Bertz CT molecular complexity index is 1050. The number of anilines is 3. The second-order valence-corrected chi connectivity index (χ2v) is 9.02. The summed E-state index contributed by atoms with van der Waals surface area (Å²) in [4.78, 5) is 29.7. The number of aryl methyl sites for hydroxylation is 1. The number of pyridine rings is 1. The summed E-state index contributed by atoms with van der Waals surface area (Å²) in [6, 6.07) is 11.1. The molecular formula is C24H28F3N5O2. The van der Waals surface area contributed by atoms with Crippen molar-refractivity contribution >= 4 is 29.0 Å². The van der Waals surface area contributed by atoms with Crippen LogP contribution in [0, 0.1) is 18.8 Å². The van der Waals surface area contributed by atoms with Gasteiger partial charge in [-0.2, -0.15) is 13.2 Å². The van der Waals surface area contributed by atoms with Crippen molar-refractivity contribution in [1.29, 1.82) is 0 Å². The number of nitrogens with two attached hydrogens (primary N) is 1. The lowest BCUT2D eigenvalue weighted by atomic mass is 9.94. The van der Waals surface area contributed by atoms with Crippen LogP contribution < -0.4 is 21.3 Å². The highest BCUT2D eigenvalue weighted by molar-refractivity contribution is 5.89. The van der Waals surface area contributed by atoms with E-state index >= 15 is 0 Å². The van der Waals surface area contributed by atoms with Crippen molar-refractivity contribution in [3.8, 4) is 0 Å². The van der Waals surface area contributed by atoms with Gasteiger partial charge in [0.1, 0.15) is 5.82 Å². The number of carbonyl (C=O) groups is 2. The largest absolute Gasteiger partial charge is 0.391 e. The molecular weight excluding hydrogens is 447 g/mol. The third-order valence-corrected chi connectivity index (χ3v) is 6.64. The van der Waals surface area contributed by atoms with Crippen LogP contribution in [0.4, 0.5) is 30.4 Å². The van der Waals surface area contributed by atoms with Crippen LogP contribution in [-0.2, 0) is 16.0 Å². The summed E-state index contributed by atoms with van der Waals surface area (Å²) in [5, 5.41) is 6.12. The summed E-state index contributed by atoms with van der Waals surface area (Å²) in [7, 11) is 0. The van der Waals surface area contributed by atoms with Gasteiger partial charge >= 0.3 is 6.18 Å². The summed E-state index contributed by atoms with van der Waals surface area (Å²) in [5.41, 5.74) is 8.78. The number of hydrogen-bond acceptors (Lipinski definition) is 5. The van der Waals surface area contributed by atoms with Gasteiger partial charge in [0.2, 0.25) is 11.8 Å². The molecule has 2 aliphatic heterocycles. The van der Waals surface area contributed by atoms with E-state index in [1.54, 1.807) is 0 Å². The molecule has 0 radical (unpaired) electrons. The molecule has 2 unspecified atom stereocenters. The zero-order chi connectivity index (χ0) is 24.5. The van der Waals surface area contributed by atoms with Gasteiger partial charge in [-0.25, -0.2) is 4.98 Å². The maximum absolute atomic E-state index is 12.9. The zero-order valence-corrected chi connectivity index (χ0v) is 18.9. The van der Waals surface area contributed by atoms with Crippen molar-refractivity contribution in [2.45, 2.75) is 44.8 Å². The Balaban J connectivity index is 1.36. The van der Waals surface area contributed by atoms with Crippen LogP contribution in [-0.4, -0.2) is 42.1 Å². The molecule has 34 heavy (non-hydrogen) atoms. The molecule has 10 heteroatoms. The van der Waals surface area contributed by atoms with Gasteiger partial charge in [0.25, 0.3) is 0 Å². The fourth-order valence-corrected chi connectivity index (χ4v) is 4.63. The number of amides is 2. The molecule has 4 N–H and O–H groups in total. The Morgan fingerprint density at radius 3 is 2.44 bits per heavy atom. The number of piperidine rings is 1. The highest BCUT2D eigenvalue weighted by Crippen LogP contribution is 2.35. The first-order valence-corrected chi connectivity index (χ1v) is 11.3. The molecule has 2 aromatic rings. The number of nitrogens with zero attached hydrogens (tertiary/aromatic N) is 2. The summed E-state index contributed by atoms with van der Waals surface area (Å²) < 4.78 is 38.7. The maximum atomic E-state index is 12.9. The molecule has 2 saturated heterocycles. The van der Waals surface area contributed by atoms with Crippen LogP contribution in [0.1, 0.15) is 30.5 Å². The molecule has 2 amide bonds. The number of primary amides is 1. The standard InChI is InChI=1S/C24H28F3N5O2/c1-14-19(6-7-21(29-14)32-10-8-16(9-11-32)24(25,26)27)30-17-4-2-15(3-5-17)12-20-18(23(28)34)13-22(33)31-20/h2-7,16,18,20,30H,8-13H2,1H3,(H2,28,34)(H,31,33). The Morgan fingerprint density at radius 2 is 1.85 bits per heavy atom. The van der Waals surface area contributed by atoms with E-state index in [9.17, 15) is 22.8 Å². The van der Waals surface area contributed by atoms with Crippen molar-refractivity contribution in [3.05, 3.63) is 47.7 Å². The number of hydrogen-bond donors (Lipinski definition) is 3. The molecule has 0 bridgehead atoms. The first-order valence-electron chi connectivity index (χ1n) is 11.3. The van der Waals surface area contributed by atoms with Crippen LogP contribution in [0.25, 0.3) is 0 Å². The number of halogens is 3. The summed E-state index contributed by atoms with van der Waals surface area (Å²) >= 11 is 0. The van der Waals surface area contributed by atoms with Crippen molar-refractivity contribution < 1.29 is 22.8 Å². The van der Waals surface area contributed by atoms with E-state index in [1.165, 1.54) is 0 Å². The van der Waals surface area contributed by atoms with Gasteiger partial charge in [-0.15, -0.1) is 0 Å². The lowest BCUT2D eigenvalue weighted by Crippen LogP contribution is -2.39. The number of alkyl halides is 3. The number of benzene rings is 1. The first kappa shape index (κ1) is 23.8. The highest BCUT2D eigenvalue weighted by atomic mass is 19.4. The number of carbonyl (C=O) groups excluding carboxylic acids is 2. The first-order chi connectivity index (χ1) is 16.1. The molecule has 1 aromatic heterocycles. The molecule has 4 rings (SSSR count). The summed E-state index contributed by atoms with van der Waals surface area (Å²) in [6.45, 7) is 2.53. The molecule has 182 valence electrons. The van der Waals surface area contributed by atoms with Crippen molar-refractivity contribution in [3.63, 3.8) is 0 Å². The van der Waals surface area contributed by atoms with Gasteiger partial charge in [0.15, 0.2) is 0 Å². The van der Waals surface area contributed by atoms with Gasteiger partial charge in [-0.1, -0.05) is 12.1 Å². The van der Waals surface area contributed by atoms with Crippen molar-refractivity contribution in [2.24, 2.45) is 17.6 Å². The van der Waals surface area contributed by atoms with Crippen LogP contribution in [0.3, 0.4) is 0 Å². The van der Waals surface area contributed by atoms with Crippen LogP contribution >= 0.6 is 0 Å². The number of rotatable bonds is 6. The van der Waals surface area contributed by atoms with Crippen LogP contribution in [0.15, 0.2) is 36.4 Å². The van der Waals surface area contributed by atoms with Crippen molar-refractivity contribution in [2.75, 3.05) is 23.3 Å². The van der Waals surface area contributed by atoms with E-state index in [4.69, 9.17) is 5.73 Å². The molecule has 7 nitrogen and oxygen atoms in total. The van der Waals surface area contributed by atoms with Gasteiger partial charge in [0.05, 0.1) is 23.2 Å². The normalized spacial score (nSPS) is 21.4. The predicted octanol–water partition coefficient (Wildman–Crippen LogP) is 3.44. The maximum Gasteiger partial charge on any atom is 0.391 e. The molecule has 2 atom stereocenters. The van der Waals surface area contributed by atoms with E-state index in [0.29, 0.717) is 25.3 Å². The average Bonchev–Trinajstić information content (AvgIpc) is 3.16. The minimum absolute atomic E-state index is 0.0846. The quantitative estimate of drug-likeness (QED) is 0.594. The lowest BCUT2D eigenvalue weighted by molar-refractivity contribution is -0.179. The van der Waals surface area contributed by atoms with E-state index < -0.39 is 23.9 Å². The lowest BCUT2D eigenvalue weighted by Gasteiger charge is -2.33. The molecule has 2 fully saturated rings. The fraction of sp³-hybridized carbons (Fsp3) is 0.458. The van der Waals surface area contributed by atoms with Crippen LogP contribution in [0.5, 0.6) is 0 Å². The third-order valence-electron chi connectivity index (χ3n) is 6.64. The predicted molar refractivity (Wildman–Crippen MR) is 123 cm³/mol. The third kappa shape index (κ3) is 5.43. The Hall–Kier alpha value is -3.30. The molecule has 1 aromatic carbocycles. The summed E-state index contributed by atoms with van der Waals surface area (Å²) in [5.74, 6) is -1.69. The van der Waals surface area contributed by atoms with Gasteiger partial charge < -0.3 is 21.3 Å². The topological polar surface area (TPSA) is 100 Å².